The molecule has 186 valence electrons. The van der Waals surface area contributed by atoms with Crippen molar-refractivity contribution >= 4 is 35.2 Å². The Morgan fingerprint density at radius 2 is 1.94 bits per heavy atom. The Morgan fingerprint density at radius 3 is 2.60 bits per heavy atom. The molecular formula is C25H30ClN5O3S. The lowest BCUT2D eigenvalue weighted by molar-refractivity contribution is -0.142. The normalized spacial score (nSPS) is 16.5. The summed E-state index contributed by atoms with van der Waals surface area (Å²) in [6.45, 7) is 9.78. The second kappa shape index (κ2) is 10.5. The van der Waals surface area contributed by atoms with Gasteiger partial charge >= 0.3 is 0 Å². The van der Waals surface area contributed by atoms with Crippen LogP contribution in [0.5, 0.6) is 0 Å². The van der Waals surface area contributed by atoms with Crippen LogP contribution < -0.4 is 0 Å². The van der Waals surface area contributed by atoms with Gasteiger partial charge < -0.3 is 14.2 Å². The van der Waals surface area contributed by atoms with Crippen molar-refractivity contribution in [2.24, 2.45) is 5.41 Å². The highest BCUT2D eigenvalue weighted by molar-refractivity contribution is 7.99. The van der Waals surface area contributed by atoms with Crippen molar-refractivity contribution in [3.8, 4) is 17.3 Å². The third kappa shape index (κ3) is 6.08. The van der Waals surface area contributed by atoms with Gasteiger partial charge in [-0.3, -0.25) is 14.2 Å². The largest absolute Gasteiger partial charge is 0.461 e. The molecule has 4 rings (SSSR count). The molecule has 0 aliphatic carbocycles. The molecule has 1 saturated heterocycles. The van der Waals surface area contributed by atoms with Crippen LogP contribution in [-0.2, 0) is 9.59 Å². The van der Waals surface area contributed by atoms with Gasteiger partial charge in [-0.2, -0.15) is 0 Å². The molecule has 1 aliphatic heterocycles. The van der Waals surface area contributed by atoms with Gasteiger partial charge in [0.15, 0.2) is 10.9 Å². The first kappa shape index (κ1) is 25.3. The van der Waals surface area contributed by atoms with Crippen LogP contribution in [0.2, 0.25) is 5.02 Å². The van der Waals surface area contributed by atoms with E-state index in [4.69, 9.17) is 16.0 Å². The highest BCUT2D eigenvalue weighted by atomic mass is 35.5. The number of piperazine rings is 1. The number of furan rings is 1. The molecule has 1 atom stereocenters. The van der Waals surface area contributed by atoms with E-state index < -0.39 is 0 Å². The van der Waals surface area contributed by atoms with Gasteiger partial charge in [0.1, 0.15) is 0 Å². The third-order valence-corrected chi connectivity index (χ3v) is 6.90. The first-order valence-corrected chi connectivity index (χ1v) is 12.9. The Labute approximate surface area is 214 Å². The number of carbonyl (C=O) groups is 2. The van der Waals surface area contributed by atoms with Crippen LogP contribution in [0.25, 0.3) is 17.3 Å². The average molecular weight is 516 g/mol. The zero-order valence-corrected chi connectivity index (χ0v) is 22.0. The highest BCUT2D eigenvalue weighted by Gasteiger charge is 2.31. The second-order valence-corrected chi connectivity index (χ2v) is 11.3. The van der Waals surface area contributed by atoms with E-state index in [9.17, 15) is 9.59 Å². The average Bonchev–Trinajstić information content (AvgIpc) is 3.46. The number of halogens is 1. The van der Waals surface area contributed by atoms with Gasteiger partial charge in [0.05, 0.1) is 17.7 Å². The van der Waals surface area contributed by atoms with Gasteiger partial charge in [-0.15, -0.1) is 10.2 Å². The van der Waals surface area contributed by atoms with Gasteiger partial charge in [0.25, 0.3) is 0 Å². The number of amides is 2. The molecule has 1 fully saturated rings. The molecule has 1 aromatic carbocycles. The van der Waals surface area contributed by atoms with E-state index in [-0.39, 0.29) is 29.0 Å². The monoisotopic (exact) mass is 515 g/mol. The zero-order chi connectivity index (χ0) is 25.2. The quantitative estimate of drug-likeness (QED) is 0.440. The smallest absolute Gasteiger partial charge is 0.233 e. The Morgan fingerprint density at radius 1 is 1.14 bits per heavy atom. The summed E-state index contributed by atoms with van der Waals surface area (Å²) in [6.07, 6.45) is 2.08. The fraction of sp³-hybridized carbons (Fsp3) is 0.440. The molecular weight excluding hydrogens is 486 g/mol. The van der Waals surface area contributed by atoms with Gasteiger partial charge in [0, 0.05) is 37.1 Å². The Hall–Kier alpha value is -2.78. The molecule has 1 unspecified atom stereocenters. The van der Waals surface area contributed by atoms with Crippen molar-refractivity contribution in [1.82, 2.24) is 24.6 Å². The first-order chi connectivity index (χ1) is 16.6. The summed E-state index contributed by atoms with van der Waals surface area (Å²) in [7, 11) is 0. The minimum absolute atomic E-state index is 0.00460. The van der Waals surface area contributed by atoms with Crippen molar-refractivity contribution in [1.29, 1.82) is 0 Å². The molecule has 0 N–H and O–H groups in total. The minimum atomic E-state index is -0.0617. The van der Waals surface area contributed by atoms with E-state index in [0.29, 0.717) is 47.8 Å². The number of aromatic nitrogens is 3. The molecule has 2 aromatic heterocycles. The Bertz CT molecular complexity index is 1190. The van der Waals surface area contributed by atoms with Crippen LogP contribution in [0.3, 0.4) is 0 Å². The van der Waals surface area contributed by atoms with E-state index >= 15 is 0 Å². The van der Waals surface area contributed by atoms with Crippen molar-refractivity contribution in [2.45, 2.75) is 45.3 Å². The molecule has 2 amide bonds. The number of rotatable bonds is 6. The molecule has 3 heterocycles. The van der Waals surface area contributed by atoms with E-state index in [0.717, 1.165) is 5.69 Å². The van der Waals surface area contributed by atoms with Crippen molar-refractivity contribution in [3.63, 3.8) is 0 Å². The Kier molecular flexibility index (Phi) is 7.56. The maximum atomic E-state index is 13.1. The van der Waals surface area contributed by atoms with Crippen molar-refractivity contribution in [3.05, 3.63) is 47.7 Å². The molecule has 0 bridgehead atoms. The van der Waals surface area contributed by atoms with Crippen LogP contribution in [0, 0.1) is 5.41 Å². The number of benzene rings is 1. The lowest BCUT2D eigenvalue weighted by Gasteiger charge is -2.40. The molecule has 8 nitrogen and oxygen atoms in total. The molecule has 3 aromatic rings. The number of nitrogens with zero attached hydrogens (tertiary/aromatic N) is 5. The van der Waals surface area contributed by atoms with Crippen LogP contribution >= 0.6 is 23.4 Å². The van der Waals surface area contributed by atoms with E-state index in [1.165, 1.54) is 11.8 Å². The maximum Gasteiger partial charge on any atom is 0.233 e. The van der Waals surface area contributed by atoms with Crippen molar-refractivity contribution in [2.75, 3.05) is 25.4 Å². The number of hydrogen-bond acceptors (Lipinski definition) is 6. The predicted octanol–water partition coefficient (Wildman–Crippen LogP) is 4.77. The molecule has 10 heteroatoms. The number of thioether (sulfide) groups is 1. The maximum absolute atomic E-state index is 13.1. The topological polar surface area (TPSA) is 84.5 Å². The van der Waals surface area contributed by atoms with Crippen LogP contribution in [0.1, 0.15) is 34.1 Å². The first-order valence-electron chi connectivity index (χ1n) is 11.6. The summed E-state index contributed by atoms with van der Waals surface area (Å²) in [4.78, 5) is 29.5. The summed E-state index contributed by atoms with van der Waals surface area (Å²) >= 11 is 7.55. The van der Waals surface area contributed by atoms with Crippen LogP contribution in [0.15, 0.2) is 52.2 Å². The summed E-state index contributed by atoms with van der Waals surface area (Å²) in [6, 6.07) is 11.0. The standard InChI is InChI=1S/C25H30ClN5O3S/c1-17-15-29(10-11-30(17)21(32)14-25(2,3)4)22(33)16-35-24-28-27-23(20-9-6-12-34-20)31(24)19-8-5-7-18(26)13-19/h5-9,12-13,17H,10-11,14-16H2,1-4H3. The molecule has 1 aliphatic rings. The fourth-order valence-electron chi connectivity index (χ4n) is 4.10. The van der Waals surface area contributed by atoms with E-state index in [1.54, 1.807) is 18.4 Å². The van der Waals surface area contributed by atoms with Gasteiger partial charge in [-0.1, -0.05) is 50.2 Å². The lowest BCUT2D eigenvalue weighted by Crippen LogP contribution is -2.56. The molecule has 35 heavy (non-hydrogen) atoms. The summed E-state index contributed by atoms with van der Waals surface area (Å²) < 4.78 is 7.39. The molecule has 0 radical (unpaired) electrons. The van der Waals surface area contributed by atoms with Gasteiger partial charge in [0.2, 0.25) is 17.6 Å². The van der Waals surface area contributed by atoms with Crippen LogP contribution in [0.4, 0.5) is 0 Å². The zero-order valence-electron chi connectivity index (χ0n) is 20.4. The lowest BCUT2D eigenvalue weighted by atomic mass is 9.91. The summed E-state index contributed by atoms with van der Waals surface area (Å²) in [5.74, 6) is 1.46. The van der Waals surface area contributed by atoms with Gasteiger partial charge in [-0.05, 0) is 42.7 Å². The SMILES string of the molecule is CC1CN(C(=O)CSc2nnc(-c3ccco3)n2-c2cccc(Cl)c2)CCN1C(=O)CC(C)(C)C. The second-order valence-electron chi connectivity index (χ2n) is 9.90. The van der Waals surface area contributed by atoms with Crippen LogP contribution in [-0.4, -0.2) is 67.8 Å². The molecule has 0 spiro atoms. The fourth-order valence-corrected chi connectivity index (χ4v) is 5.14. The van der Waals surface area contributed by atoms with E-state index in [1.807, 2.05) is 45.6 Å². The highest BCUT2D eigenvalue weighted by Crippen LogP contribution is 2.30. The van der Waals surface area contributed by atoms with Crippen molar-refractivity contribution < 1.29 is 14.0 Å². The summed E-state index contributed by atoms with van der Waals surface area (Å²) in [5, 5.41) is 9.79. The van der Waals surface area contributed by atoms with E-state index in [2.05, 4.69) is 31.0 Å². The van der Waals surface area contributed by atoms with Gasteiger partial charge in [-0.25, -0.2) is 0 Å². The number of carbonyl (C=O) groups excluding carboxylic acids is 2. The molecule has 0 saturated carbocycles. The Balaban J connectivity index is 1.45. The summed E-state index contributed by atoms with van der Waals surface area (Å²) in [5.41, 5.74) is 0.719. The third-order valence-electron chi connectivity index (χ3n) is 5.75. The minimum Gasteiger partial charge on any atom is -0.461 e. The number of hydrogen-bond donors (Lipinski definition) is 0. The predicted molar refractivity (Wildman–Crippen MR) is 137 cm³/mol.